The van der Waals surface area contributed by atoms with E-state index in [-0.39, 0.29) is 33.7 Å². The molecule has 2 aromatic heterocycles. The zero-order valence-corrected chi connectivity index (χ0v) is 18.8. The Morgan fingerprint density at radius 2 is 1.22 bits per heavy atom. The number of hydrogen-bond donors (Lipinski definition) is 1. The predicted molar refractivity (Wildman–Crippen MR) is 133 cm³/mol. The molecule has 0 spiro atoms. The minimum absolute atomic E-state index is 0.0745. The van der Waals surface area contributed by atoms with E-state index in [2.05, 4.69) is 9.97 Å². The van der Waals surface area contributed by atoms with Crippen LogP contribution in [0.4, 0.5) is 0 Å². The van der Waals surface area contributed by atoms with Crippen LogP contribution in [0.1, 0.15) is 40.1 Å². The Balaban J connectivity index is 0.000000247. The third-order valence-electron chi connectivity index (χ3n) is 4.90. The van der Waals surface area contributed by atoms with Crippen LogP contribution in [0.5, 0.6) is 0 Å². The van der Waals surface area contributed by atoms with E-state index in [0.717, 1.165) is 5.56 Å². The summed E-state index contributed by atoms with van der Waals surface area (Å²) in [6, 6.07) is 14.8. The summed E-state index contributed by atoms with van der Waals surface area (Å²) >= 11 is 0. The first-order valence-electron chi connectivity index (χ1n) is 13.4. The van der Waals surface area contributed by atoms with E-state index in [1.54, 1.807) is 12.1 Å². The highest BCUT2D eigenvalue weighted by Gasteiger charge is 2.07. The first kappa shape index (κ1) is 18.5. The standard InChI is InChI=1S/C14H15N3O2.C12H10N2O3/c1-16(2)14(19)12-5-3-11(4-6-12)9-17-10-15-8-7-13(17)18;15-11-5-6-13-8-14(11)7-9-1-3-10(4-2-9)12(16)17/h3-8,10H,9H2,1-2H3;1-6,8H,7H2,(H,16,17)/i1D3,2D3;. The molecule has 4 rings (SSSR count). The summed E-state index contributed by atoms with van der Waals surface area (Å²) in [6.45, 7) is -5.59. The second-order valence-corrected chi connectivity index (χ2v) is 7.43. The first-order chi connectivity index (χ1) is 19.7. The monoisotopic (exact) mass is 493 g/mol. The van der Waals surface area contributed by atoms with Crippen LogP contribution < -0.4 is 11.1 Å². The Hall–Kier alpha value is -4.86. The predicted octanol–water partition coefficient (Wildman–Crippen LogP) is 1.98. The van der Waals surface area contributed by atoms with Gasteiger partial charge in [0, 0.05) is 52.3 Å². The Bertz CT molecular complexity index is 1630. The summed E-state index contributed by atoms with van der Waals surface area (Å²) in [6.07, 6.45) is 5.63. The zero-order valence-electron chi connectivity index (χ0n) is 24.8. The van der Waals surface area contributed by atoms with Gasteiger partial charge in [0.2, 0.25) is 0 Å². The van der Waals surface area contributed by atoms with Gasteiger partial charge in [-0.1, -0.05) is 24.3 Å². The lowest BCUT2D eigenvalue weighted by Gasteiger charge is -2.10. The van der Waals surface area contributed by atoms with E-state index in [4.69, 9.17) is 13.3 Å². The number of carboxylic acids is 1. The van der Waals surface area contributed by atoms with Crippen LogP contribution in [-0.4, -0.2) is 54.9 Å². The quantitative estimate of drug-likeness (QED) is 0.435. The van der Waals surface area contributed by atoms with Crippen molar-refractivity contribution in [2.24, 2.45) is 0 Å². The molecule has 10 nitrogen and oxygen atoms in total. The fraction of sp³-hybridized carbons (Fsp3) is 0.154. The van der Waals surface area contributed by atoms with Crippen molar-refractivity contribution < 1.29 is 22.9 Å². The second-order valence-electron chi connectivity index (χ2n) is 7.43. The lowest BCUT2D eigenvalue weighted by Crippen LogP contribution is -2.22. The lowest BCUT2D eigenvalue weighted by atomic mass is 10.1. The number of aromatic carboxylic acids is 1. The van der Waals surface area contributed by atoms with Crippen molar-refractivity contribution in [3.8, 4) is 0 Å². The summed E-state index contributed by atoms with van der Waals surface area (Å²) in [4.78, 5) is 53.6. The number of hydrogen-bond acceptors (Lipinski definition) is 6. The number of aromatic nitrogens is 4. The summed E-state index contributed by atoms with van der Waals surface area (Å²) in [5, 5.41) is 8.74. The molecule has 0 unspecified atom stereocenters. The lowest BCUT2D eigenvalue weighted by molar-refractivity contribution is 0.0696. The van der Waals surface area contributed by atoms with Gasteiger partial charge in [0.15, 0.2) is 0 Å². The van der Waals surface area contributed by atoms with Gasteiger partial charge in [0.05, 0.1) is 31.3 Å². The molecule has 1 amide bonds. The van der Waals surface area contributed by atoms with Crippen LogP contribution in [0.15, 0.2) is 95.3 Å². The number of carbonyl (C=O) groups is 2. The number of nitrogens with zero attached hydrogens (tertiary/aromatic N) is 5. The summed E-state index contributed by atoms with van der Waals surface area (Å²) < 4.78 is 46.4. The third kappa shape index (κ3) is 7.07. The summed E-state index contributed by atoms with van der Waals surface area (Å²) in [7, 11) is 0. The number of rotatable bonds is 6. The van der Waals surface area contributed by atoms with Crippen molar-refractivity contribution in [1.82, 2.24) is 24.0 Å². The van der Waals surface area contributed by atoms with Gasteiger partial charge in [-0.15, -0.1) is 0 Å². The van der Waals surface area contributed by atoms with E-state index in [1.165, 1.54) is 82.7 Å². The molecule has 0 radical (unpaired) electrons. The summed E-state index contributed by atoms with van der Waals surface area (Å²) in [5.41, 5.74) is 1.29. The topological polar surface area (TPSA) is 127 Å². The van der Waals surface area contributed by atoms with Crippen molar-refractivity contribution >= 4 is 11.9 Å². The van der Waals surface area contributed by atoms with Gasteiger partial charge in [-0.05, 0) is 35.4 Å². The van der Waals surface area contributed by atoms with Gasteiger partial charge >= 0.3 is 5.97 Å². The maximum Gasteiger partial charge on any atom is 0.335 e. The molecule has 0 aliphatic carbocycles. The zero-order chi connectivity index (χ0) is 31.1. The molecule has 2 heterocycles. The largest absolute Gasteiger partial charge is 0.478 e. The molecule has 0 saturated heterocycles. The average Bonchev–Trinajstić information content (AvgIpc) is 2.91. The molecule has 10 heteroatoms. The van der Waals surface area contributed by atoms with Gasteiger partial charge in [0.25, 0.3) is 17.0 Å². The molecule has 0 bridgehead atoms. The van der Waals surface area contributed by atoms with Crippen molar-refractivity contribution in [2.75, 3.05) is 14.0 Å². The Kier molecular flexibility index (Phi) is 6.17. The minimum atomic E-state index is -3.09. The molecule has 0 aliphatic heterocycles. The number of amides is 1. The molecular formula is C26H25N5O5. The maximum absolute atomic E-state index is 12.3. The molecule has 184 valence electrons. The number of carbonyl (C=O) groups excluding carboxylic acids is 1. The Morgan fingerprint density at radius 3 is 1.61 bits per heavy atom. The summed E-state index contributed by atoms with van der Waals surface area (Å²) in [5.74, 6) is -2.08. The third-order valence-corrected chi connectivity index (χ3v) is 4.90. The van der Waals surface area contributed by atoms with Crippen LogP contribution in [-0.2, 0) is 13.1 Å². The normalized spacial score (nSPS) is 13.3. The molecule has 2 aromatic carbocycles. The molecule has 1 N–H and O–H groups in total. The Morgan fingerprint density at radius 1 is 0.778 bits per heavy atom. The average molecular weight is 494 g/mol. The van der Waals surface area contributed by atoms with Gasteiger partial charge < -0.3 is 10.0 Å². The van der Waals surface area contributed by atoms with Crippen LogP contribution in [0.2, 0.25) is 0 Å². The van der Waals surface area contributed by atoms with Gasteiger partial charge in [-0.2, -0.15) is 0 Å². The van der Waals surface area contributed by atoms with Gasteiger partial charge in [-0.25, -0.2) is 14.8 Å². The number of carboxylic acid groups (broad SMARTS) is 1. The SMILES string of the molecule is O=C(O)c1ccc(Cn2cnccc2=O)cc1.[2H]C([2H])([2H])N(C(=O)c1ccc(Cn2cnccc2=O)cc1)C([2H])([2H])[2H]. The number of benzene rings is 2. The second kappa shape index (κ2) is 12.0. The molecule has 0 atom stereocenters. The van der Waals surface area contributed by atoms with Gasteiger partial charge in [0.1, 0.15) is 0 Å². The van der Waals surface area contributed by atoms with Crippen LogP contribution in [0.25, 0.3) is 0 Å². The smallest absolute Gasteiger partial charge is 0.335 e. The highest BCUT2D eigenvalue weighted by atomic mass is 16.4. The minimum Gasteiger partial charge on any atom is -0.478 e. The highest BCUT2D eigenvalue weighted by molar-refractivity contribution is 5.93. The molecular weight excluding hydrogens is 462 g/mol. The Labute approximate surface area is 215 Å². The van der Waals surface area contributed by atoms with Crippen LogP contribution in [0, 0.1) is 0 Å². The van der Waals surface area contributed by atoms with E-state index >= 15 is 0 Å². The van der Waals surface area contributed by atoms with Gasteiger partial charge in [-0.3, -0.25) is 23.5 Å². The maximum atomic E-state index is 12.3. The van der Waals surface area contributed by atoms with E-state index in [1.807, 2.05) is 0 Å². The molecule has 0 saturated carbocycles. The van der Waals surface area contributed by atoms with Crippen molar-refractivity contribution in [3.63, 3.8) is 0 Å². The van der Waals surface area contributed by atoms with Crippen molar-refractivity contribution in [2.45, 2.75) is 13.1 Å². The van der Waals surface area contributed by atoms with E-state index in [9.17, 15) is 19.2 Å². The van der Waals surface area contributed by atoms with Crippen molar-refractivity contribution in [3.05, 3.63) is 129 Å². The molecule has 0 aliphatic rings. The van der Waals surface area contributed by atoms with Crippen LogP contribution in [0.3, 0.4) is 0 Å². The molecule has 36 heavy (non-hydrogen) atoms. The first-order valence-corrected chi connectivity index (χ1v) is 10.4. The fourth-order valence-corrected chi connectivity index (χ4v) is 3.02. The molecule has 4 aromatic rings. The van der Waals surface area contributed by atoms with Crippen molar-refractivity contribution in [1.29, 1.82) is 0 Å². The molecule has 0 fully saturated rings. The van der Waals surface area contributed by atoms with Crippen LogP contribution >= 0.6 is 0 Å². The van der Waals surface area contributed by atoms with E-state index < -0.39 is 25.8 Å². The van der Waals surface area contributed by atoms with E-state index in [0.29, 0.717) is 12.1 Å². The highest BCUT2D eigenvalue weighted by Crippen LogP contribution is 2.07. The fourth-order valence-electron chi connectivity index (χ4n) is 3.02.